The molecule has 2 rings (SSSR count). The highest BCUT2D eigenvalue weighted by Gasteiger charge is 2.19. The topological polar surface area (TPSA) is 48.7 Å². The van der Waals surface area contributed by atoms with Gasteiger partial charge in [-0.15, -0.1) is 11.6 Å². The molecule has 0 aliphatic rings. The summed E-state index contributed by atoms with van der Waals surface area (Å²) >= 11 is 5.83. The van der Waals surface area contributed by atoms with Crippen LogP contribution in [0.2, 0.25) is 0 Å². The van der Waals surface area contributed by atoms with Crippen molar-refractivity contribution < 1.29 is 18.7 Å². The van der Waals surface area contributed by atoms with E-state index in [1.807, 2.05) is 30.3 Å². The first-order chi connectivity index (χ1) is 10.7. The second kappa shape index (κ2) is 7.71. The molecule has 0 aliphatic carbocycles. The number of furan rings is 1. The summed E-state index contributed by atoms with van der Waals surface area (Å²) in [5.74, 6) is 0.978. The molecule has 4 nitrogen and oxygen atoms in total. The normalized spacial score (nSPS) is 10.9. The predicted molar refractivity (Wildman–Crippen MR) is 86.1 cm³/mol. The first-order valence-corrected chi connectivity index (χ1v) is 7.38. The lowest BCUT2D eigenvalue weighted by molar-refractivity contribution is 0.0524. The number of carbonyl (C=O) groups excluding carboxylic acids is 1. The molecular formula is C17H17ClO4. The standard InChI is InChI=1S/C17H17ClO4/c1-3-21-17(19)16-13(10-18)11-22-15(16)9-6-12-4-7-14(20-2)8-5-12/h4-9,11H,3,10H2,1-2H3/b9-6+. The molecule has 0 saturated heterocycles. The Morgan fingerprint density at radius 1 is 1.27 bits per heavy atom. The maximum Gasteiger partial charge on any atom is 0.342 e. The zero-order valence-electron chi connectivity index (χ0n) is 12.5. The first-order valence-electron chi connectivity index (χ1n) is 6.85. The number of methoxy groups -OCH3 is 1. The number of benzene rings is 1. The van der Waals surface area contributed by atoms with Gasteiger partial charge in [0.2, 0.25) is 0 Å². The maximum absolute atomic E-state index is 12.0. The van der Waals surface area contributed by atoms with E-state index >= 15 is 0 Å². The lowest BCUT2D eigenvalue weighted by Gasteiger charge is -2.02. The van der Waals surface area contributed by atoms with E-state index in [4.69, 9.17) is 25.5 Å². The van der Waals surface area contributed by atoms with Gasteiger partial charge in [-0.25, -0.2) is 4.79 Å². The van der Waals surface area contributed by atoms with Crippen LogP contribution in [0.25, 0.3) is 12.2 Å². The second-order valence-electron chi connectivity index (χ2n) is 4.46. The Bertz CT molecular complexity index is 656. The number of alkyl halides is 1. The summed E-state index contributed by atoms with van der Waals surface area (Å²) in [6.07, 6.45) is 5.05. The molecule has 0 fully saturated rings. The lowest BCUT2D eigenvalue weighted by Crippen LogP contribution is -2.07. The minimum Gasteiger partial charge on any atom is -0.497 e. The van der Waals surface area contributed by atoms with Crippen molar-refractivity contribution in [3.63, 3.8) is 0 Å². The minimum absolute atomic E-state index is 0.189. The number of esters is 1. The molecule has 0 radical (unpaired) electrons. The molecule has 0 saturated carbocycles. The summed E-state index contributed by atoms with van der Waals surface area (Å²) in [5, 5.41) is 0. The van der Waals surface area contributed by atoms with Crippen molar-refractivity contribution in [2.45, 2.75) is 12.8 Å². The molecule has 0 aliphatic heterocycles. The number of rotatable bonds is 6. The Labute approximate surface area is 134 Å². The zero-order valence-corrected chi connectivity index (χ0v) is 13.2. The molecule has 0 N–H and O–H groups in total. The van der Waals surface area contributed by atoms with Gasteiger partial charge < -0.3 is 13.9 Å². The molecule has 0 unspecified atom stereocenters. The Balaban J connectivity index is 2.26. The van der Waals surface area contributed by atoms with E-state index in [2.05, 4.69) is 0 Å². The van der Waals surface area contributed by atoms with Gasteiger partial charge in [-0.1, -0.05) is 18.2 Å². The molecule has 22 heavy (non-hydrogen) atoms. The number of carbonyl (C=O) groups is 1. The summed E-state index contributed by atoms with van der Waals surface area (Å²) in [4.78, 5) is 12.0. The van der Waals surface area contributed by atoms with Crippen molar-refractivity contribution in [2.24, 2.45) is 0 Å². The van der Waals surface area contributed by atoms with Crippen LogP contribution < -0.4 is 4.74 Å². The molecule has 1 aromatic carbocycles. The van der Waals surface area contributed by atoms with Crippen LogP contribution in [0.5, 0.6) is 5.75 Å². The van der Waals surface area contributed by atoms with Gasteiger partial charge in [0.15, 0.2) is 0 Å². The van der Waals surface area contributed by atoms with E-state index in [1.54, 1.807) is 20.1 Å². The maximum atomic E-state index is 12.0. The number of halogens is 1. The van der Waals surface area contributed by atoms with Crippen molar-refractivity contribution in [3.8, 4) is 5.75 Å². The van der Waals surface area contributed by atoms with E-state index in [1.165, 1.54) is 6.26 Å². The van der Waals surface area contributed by atoms with Crippen molar-refractivity contribution in [1.82, 2.24) is 0 Å². The van der Waals surface area contributed by atoms with Crippen LogP contribution in [0.15, 0.2) is 34.9 Å². The van der Waals surface area contributed by atoms with Crippen LogP contribution in [0, 0.1) is 0 Å². The molecule has 0 bridgehead atoms. The van der Waals surface area contributed by atoms with Crippen LogP contribution in [0.3, 0.4) is 0 Å². The third-order valence-corrected chi connectivity index (χ3v) is 3.35. The molecule has 2 aromatic rings. The van der Waals surface area contributed by atoms with E-state index in [0.29, 0.717) is 23.5 Å². The zero-order chi connectivity index (χ0) is 15.9. The molecule has 0 atom stereocenters. The Hall–Kier alpha value is -2.20. The summed E-state index contributed by atoms with van der Waals surface area (Å²) in [5.41, 5.74) is 1.95. The molecule has 5 heteroatoms. The van der Waals surface area contributed by atoms with Crippen molar-refractivity contribution in [3.05, 3.63) is 53.0 Å². The number of hydrogen-bond donors (Lipinski definition) is 0. The summed E-state index contributed by atoms with van der Waals surface area (Å²) in [7, 11) is 1.62. The summed E-state index contributed by atoms with van der Waals surface area (Å²) in [6, 6.07) is 7.53. The van der Waals surface area contributed by atoms with E-state index in [0.717, 1.165) is 11.3 Å². The fraction of sp³-hybridized carbons (Fsp3) is 0.235. The average molecular weight is 321 g/mol. The summed E-state index contributed by atoms with van der Waals surface area (Å²) < 4.78 is 15.6. The van der Waals surface area contributed by atoms with Gasteiger partial charge in [0.1, 0.15) is 17.1 Å². The molecule has 1 aromatic heterocycles. The Morgan fingerprint density at radius 2 is 2.00 bits per heavy atom. The molecular weight excluding hydrogens is 304 g/mol. The lowest BCUT2D eigenvalue weighted by atomic mass is 10.1. The van der Waals surface area contributed by atoms with Crippen molar-refractivity contribution in [2.75, 3.05) is 13.7 Å². The van der Waals surface area contributed by atoms with Crippen molar-refractivity contribution in [1.29, 1.82) is 0 Å². The highest BCUT2D eigenvalue weighted by molar-refractivity contribution is 6.17. The van der Waals surface area contributed by atoms with Crippen LogP contribution in [-0.2, 0) is 10.6 Å². The minimum atomic E-state index is -0.429. The van der Waals surface area contributed by atoms with Gasteiger partial charge in [-0.2, -0.15) is 0 Å². The van der Waals surface area contributed by atoms with Gasteiger partial charge in [0.25, 0.3) is 0 Å². The van der Waals surface area contributed by atoms with E-state index in [-0.39, 0.29) is 5.88 Å². The molecule has 0 amide bonds. The van der Waals surface area contributed by atoms with Crippen LogP contribution in [0.4, 0.5) is 0 Å². The smallest absolute Gasteiger partial charge is 0.342 e. The molecule has 0 spiro atoms. The second-order valence-corrected chi connectivity index (χ2v) is 4.73. The van der Waals surface area contributed by atoms with E-state index < -0.39 is 5.97 Å². The van der Waals surface area contributed by atoms with Crippen LogP contribution in [-0.4, -0.2) is 19.7 Å². The van der Waals surface area contributed by atoms with Crippen molar-refractivity contribution >= 4 is 29.7 Å². The average Bonchev–Trinajstić information content (AvgIpc) is 2.96. The van der Waals surface area contributed by atoms with Gasteiger partial charge in [-0.05, 0) is 30.7 Å². The molecule has 1 heterocycles. The highest BCUT2D eigenvalue weighted by Crippen LogP contribution is 2.23. The van der Waals surface area contributed by atoms with E-state index in [9.17, 15) is 4.79 Å². The van der Waals surface area contributed by atoms with Gasteiger partial charge in [0.05, 0.1) is 25.9 Å². The summed E-state index contributed by atoms with van der Waals surface area (Å²) in [6.45, 7) is 2.05. The molecule has 116 valence electrons. The third kappa shape index (κ3) is 3.71. The number of hydrogen-bond acceptors (Lipinski definition) is 4. The quantitative estimate of drug-likeness (QED) is 0.585. The van der Waals surface area contributed by atoms with Gasteiger partial charge in [0, 0.05) is 5.56 Å². The predicted octanol–water partition coefficient (Wildman–Crippen LogP) is 4.37. The number of ether oxygens (including phenoxy) is 2. The highest BCUT2D eigenvalue weighted by atomic mass is 35.5. The Morgan fingerprint density at radius 3 is 2.59 bits per heavy atom. The Kier molecular flexibility index (Phi) is 5.67. The van der Waals surface area contributed by atoms with Crippen LogP contribution >= 0.6 is 11.6 Å². The first kappa shape index (κ1) is 16.2. The monoisotopic (exact) mass is 320 g/mol. The SMILES string of the molecule is CCOC(=O)c1c(CCl)coc1/C=C/c1ccc(OC)cc1. The van der Waals surface area contributed by atoms with Gasteiger partial charge >= 0.3 is 5.97 Å². The van der Waals surface area contributed by atoms with Gasteiger partial charge in [-0.3, -0.25) is 0 Å². The fourth-order valence-corrected chi connectivity index (χ4v) is 2.15. The fourth-order valence-electron chi connectivity index (χ4n) is 1.95. The van der Waals surface area contributed by atoms with Crippen LogP contribution in [0.1, 0.15) is 34.2 Å². The third-order valence-electron chi connectivity index (χ3n) is 3.06. The largest absolute Gasteiger partial charge is 0.497 e.